The topological polar surface area (TPSA) is 59.7 Å². The van der Waals surface area contributed by atoms with Gasteiger partial charge in [-0.25, -0.2) is 4.79 Å². The molecule has 0 atom stereocenters. The number of carbonyl (C=O) groups is 1. The molecule has 0 fully saturated rings. The number of hydrogen-bond acceptors (Lipinski definition) is 4. The second kappa shape index (κ2) is 6.35. The van der Waals surface area contributed by atoms with Gasteiger partial charge in [0.05, 0.1) is 12.7 Å². The zero-order valence-electron chi connectivity index (χ0n) is 12.8. The number of esters is 1. The van der Waals surface area contributed by atoms with Crippen LogP contribution in [0.3, 0.4) is 0 Å². The quantitative estimate of drug-likeness (QED) is 0.885. The molecule has 0 spiro atoms. The first kappa shape index (κ1) is 15.6. The summed E-state index contributed by atoms with van der Waals surface area (Å²) in [6, 6.07) is 7.05. The highest BCUT2D eigenvalue weighted by molar-refractivity contribution is 5.91. The van der Waals surface area contributed by atoms with Crippen LogP contribution in [0.15, 0.2) is 40.8 Å². The number of furan rings is 1. The van der Waals surface area contributed by atoms with Crippen molar-refractivity contribution >= 4 is 18.3 Å². The number of benzene rings is 1. The van der Waals surface area contributed by atoms with Crippen LogP contribution in [0.2, 0.25) is 0 Å². The van der Waals surface area contributed by atoms with Gasteiger partial charge in [0.25, 0.3) is 0 Å². The Kier molecular flexibility index (Phi) is 4.51. The van der Waals surface area contributed by atoms with Gasteiger partial charge < -0.3 is 14.3 Å². The lowest BCUT2D eigenvalue weighted by atomic mass is 10.0. The fourth-order valence-electron chi connectivity index (χ4n) is 2.18. The Morgan fingerprint density at radius 2 is 2.05 bits per heavy atom. The van der Waals surface area contributed by atoms with E-state index in [9.17, 15) is 9.90 Å². The second-order valence-electron chi connectivity index (χ2n) is 4.93. The number of rotatable bonds is 3. The largest absolute Gasteiger partial charge is 0.504 e. The molecule has 0 aliphatic rings. The number of carbonyl (C=O) groups excluding carboxylic acids is 1. The smallest absolute Gasteiger partial charge is 0.337 e. The Morgan fingerprint density at radius 3 is 2.68 bits per heavy atom. The van der Waals surface area contributed by atoms with E-state index in [0.717, 1.165) is 11.1 Å². The first-order valence-corrected chi connectivity index (χ1v) is 6.81. The molecule has 2 rings (SSSR count). The second-order valence-corrected chi connectivity index (χ2v) is 4.93. The Balaban J connectivity index is 2.61. The maximum atomic E-state index is 11.7. The predicted molar refractivity (Wildman–Crippen MR) is 85.8 cm³/mol. The van der Waals surface area contributed by atoms with Crippen molar-refractivity contribution in [2.45, 2.75) is 13.8 Å². The molecule has 2 aromatic rings. The molecule has 0 unspecified atom stereocenters. The van der Waals surface area contributed by atoms with Crippen LogP contribution in [0.4, 0.5) is 0 Å². The molecule has 1 aromatic carbocycles. The molecule has 0 saturated carbocycles. The summed E-state index contributed by atoms with van der Waals surface area (Å²) in [6.45, 7) is 7.55. The molecule has 114 valence electrons. The van der Waals surface area contributed by atoms with Gasteiger partial charge in [0.2, 0.25) is 0 Å². The lowest BCUT2D eigenvalue weighted by Gasteiger charge is -2.04. The Morgan fingerprint density at radius 1 is 1.32 bits per heavy atom. The molecule has 0 radical (unpaired) electrons. The minimum atomic E-state index is -0.407. The number of allylic oxidation sites excluding steroid dienone is 1. The van der Waals surface area contributed by atoms with E-state index in [-0.39, 0.29) is 5.76 Å². The SMILES string of the molecule is C=c1cc(-c2cc(C)cc(C(=O)OC)c2)o/c1=C(O)/C=C\C. The molecule has 22 heavy (non-hydrogen) atoms. The number of aliphatic hydroxyl groups excluding tert-OH is 1. The maximum Gasteiger partial charge on any atom is 0.337 e. The van der Waals surface area contributed by atoms with E-state index in [1.54, 1.807) is 31.2 Å². The summed E-state index contributed by atoms with van der Waals surface area (Å²) in [5.41, 5.74) is 2.39. The van der Waals surface area contributed by atoms with Crippen molar-refractivity contribution in [3.63, 3.8) is 0 Å². The van der Waals surface area contributed by atoms with E-state index in [1.807, 2.05) is 13.0 Å². The predicted octanol–water partition coefficient (Wildman–Crippen LogP) is 2.69. The lowest BCUT2D eigenvalue weighted by molar-refractivity contribution is 0.0600. The number of aryl methyl sites for hydroxylation is 1. The van der Waals surface area contributed by atoms with Crippen LogP contribution in [0, 0.1) is 6.92 Å². The summed E-state index contributed by atoms with van der Waals surface area (Å²) < 4.78 is 10.4. The number of ether oxygens (including phenoxy) is 1. The third-order valence-corrected chi connectivity index (χ3v) is 3.15. The van der Waals surface area contributed by atoms with Crippen molar-refractivity contribution in [1.29, 1.82) is 0 Å². The van der Waals surface area contributed by atoms with E-state index in [0.29, 0.717) is 22.0 Å². The normalized spacial score (nSPS) is 12.5. The first-order chi connectivity index (χ1) is 10.5. The summed E-state index contributed by atoms with van der Waals surface area (Å²) in [4.78, 5) is 11.7. The number of hydrogen-bond donors (Lipinski definition) is 1. The Hall–Kier alpha value is -2.75. The van der Waals surface area contributed by atoms with E-state index in [4.69, 9.17) is 9.15 Å². The minimum Gasteiger partial charge on any atom is -0.504 e. The van der Waals surface area contributed by atoms with Crippen molar-refractivity contribution in [2.75, 3.05) is 7.11 Å². The molecule has 1 N–H and O–H groups in total. The molecular formula is C18H18O4. The van der Waals surface area contributed by atoms with Gasteiger partial charge in [-0.05, 0) is 49.8 Å². The molecule has 0 amide bonds. The van der Waals surface area contributed by atoms with Crippen LogP contribution in [-0.4, -0.2) is 18.2 Å². The maximum absolute atomic E-state index is 11.7. The zero-order valence-corrected chi connectivity index (χ0v) is 12.8. The highest BCUT2D eigenvalue weighted by Crippen LogP contribution is 2.21. The van der Waals surface area contributed by atoms with Crippen molar-refractivity contribution in [1.82, 2.24) is 0 Å². The van der Waals surface area contributed by atoms with Crippen LogP contribution in [-0.2, 0) is 4.74 Å². The molecule has 0 saturated heterocycles. The number of methoxy groups -OCH3 is 1. The Labute approximate surface area is 128 Å². The van der Waals surface area contributed by atoms with Gasteiger partial charge in [0, 0.05) is 10.8 Å². The van der Waals surface area contributed by atoms with Gasteiger partial charge in [-0.3, -0.25) is 0 Å². The minimum absolute atomic E-state index is 0.0135. The molecule has 1 heterocycles. The van der Waals surface area contributed by atoms with Crippen molar-refractivity contribution in [3.05, 3.63) is 58.2 Å². The fourth-order valence-corrected chi connectivity index (χ4v) is 2.18. The van der Waals surface area contributed by atoms with Crippen molar-refractivity contribution in [2.24, 2.45) is 0 Å². The fraction of sp³-hybridized carbons (Fsp3) is 0.167. The summed E-state index contributed by atoms with van der Waals surface area (Å²) in [7, 11) is 1.34. The van der Waals surface area contributed by atoms with Crippen molar-refractivity contribution in [3.8, 4) is 11.3 Å². The summed E-state index contributed by atoms with van der Waals surface area (Å²) in [5.74, 6) is 0.138. The average molecular weight is 298 g/mol. The molecule has 4 heteroatoms. The van der Waals surface area contributed by atoms with Crippen LogP contribution in [0.25, 0.3) is 23.7 Å². The van der Waals surface area contributed by atoms with Crippen LogP contribution < -0.4 is 10.6 Å². The van der Waals surface area contributed by atoms with E-state index >= 15 is 0 Å². The number of aliphatic hydroxyl groups is 1. The first-order valence-electron chi connectivity index (χ1n) is 6.81. The summed E-state index contributed by atoms with van der Waals surface area (Å²) >= 11 is 0. The highest BCUT2D eigenvalue weighted by Gasteiger charge is 2.11. The third-order valence-electron chi connectivity index (χ3n) is 3.15. The van der Waals surface area contributed by atoms with Gasteiger partial charge >= 0.3 is 5.97 Å². The van der Waals surface area contributed by atoms with E-state index in [2.05, 4.69) is 6.58 Å². The summed E-state index contributed by atoms with van der Waals surface area (Å²) in [5, 5.41) is 10.5. The highest BCUT2D eigenvalue weighted by atomic mass is 16.5. The molecule has 1 aromatic heterocycles. The molecule has 4 nitrogen and oxygen atoms in total. The van der Waals surface area contributed by atoms with E-state index in [1.165, 1.54) is 13.2 Å². The molecule has 0 aliphatic heterocycles. The summed E-state index contributed by atoms with van der Waals surface area (Å²) in [6.07, 6.45) is 3.24. The van der Waals surface area contributed by atoms with Crippen molar-refractivity contribution < 1.29 is 19.1 Å². The van der Waals surface area contributed by atoms with Crippen LogP contribution >= 0.6 is 0 Å². The average Bonchev–Trinajstić information content (AvgIpc) is 2.88. The monoisotopic (exact) mass is 298 g/mol. The van der Waals surface area contributed by atoms with Crippen LogP contribution in [0.1, 0.15) is 22.8 Å². The Bertz CT molecular complexity index is 840. The zero-order chi connectivity index (χ0) is 16.3. The van der Waals surface area contributed by atoms with Gasteiger partial charge in [0.15, 0.2) is 11.2 Å². The molecule has 0 bridgehead atoms. The van der Waals surface area contributed by atoms with Gasteiger partial charge in [-0.15, -0.1) is 0 Å². The van der Waals surface area contributed by atoms with Gasteiger partial charge in [0.1, 0.15) is 5.76 Å². The van der Waals surface area contributed by atoms with Gasteiger partial charge in [-0.2, -0.15) is 0 Å². The molecular weight excluding hydrogens is 280 g/mol. The van der Waals surface area contributed by atoms with Gasteiger partial charge in [-0.1, -0.05) is 12.7 Å². The molecule has 0 aliphatic carbocycles. The third kappa shape index (κ3) is 3.11. The lowest BCUT2D eigenvalue weighted by Crippen LogP contribution is -2.19. The van der Waals surface area contributed by atoms with E-state index < -0.39 is 5.97 Å². The van der Waals surface area contributed by atoms with Crippen LogP contribution in [0.5, 0.6) is 0 Å². The standard InChI is InChI=1S/C18H18O4/c1-5-6-15(19)17-12(3)9-16(22-17)13-7-11(2)8-14(10-13)18(20)21-4/h5-10,19H,3H2,1-2,4H3/b6-5-,17-15-.